The SMILES string of the molecule is C=C(/N=C\C=C(/N)Oc1ccc(N)c(F)c1)c1cnn(C)c1. The molecule has 0 bridgehead atoms. The number of nitrogen functional groups attached to an aromatic ring is 1. The van der Waals surface area contributed by atoms with Crippen molar-refractivity contribution in [3.05, 3.63) is 60.5 Å². The quantitative estimate of drug-likeness (QED) is 0.502. The fraction of sp³-hybridized carbons (Fsp3) is 0.0667. The van der Waals surface area contributed by atoms with E-state index in [-0.39, 0.29) is 17.3 Å². The van der Waals surface area contributed by atoms with E-state index in [4.69, 9.17) is 16.2 Å². The molecule has 0 fully saturated rings. The van der Waals surface area contributed by atoms with Gasteiger partial charge in [0.1, 0.15) is 11.6 Å². The Morgan fingerprint density at radius 1 is 1.50 bits per heavy atom. The van der Waals surface area contributed by atoms with E-state index in [0.29, 0.717) is 5.70 Å². The maximum atomic E-state index is 13.3. The van der Waals surface area contributed by atoms with E-state index in [1.54, 1.807) is 24.1 Å². The Morgan fingerprint density at radius 3 is 2.91 bits per heavy atom. The molecule has 0 saturated carbocycles. The first-order chi connectivity index (χ1) is 10.5. The van der Waals surface area contributed by atoms with Crippen LogP contribution in [-0.4, -0.2) is 16.0 Å². The minimum atomic E-state index is -0.566. The molecule has 1 aromatic carbocycles. The zero-order valence-corrected chi connectivity index (χ0v) is 12.0. The maximum absolute atomic E-state index is 13.3. The van der Waals surface area contributed by atoms with Crippen molar-refractivity contribution in [1.82, 2.24) is 9.78 Å². The Bertz CT molecular complexity index is 748. The predicted molar refractivity (Wildman–Crippen MR) is 84.4 cm³/mol. The first-order valence-electron chi connectivity index (χ1n) is 6.36. The van der Waals surface area contributed by atoms with Crippen molar-refractivity contribution < 1.29 is 9.13 Å². The molecule has 0 aliphatic heterocycles. The molecule has 7 heteroatoms. The minimum Gasteiger partial charge on any atom is -0.441 e. The number of allylic oxidation sites excluding steroid dienone is 1. The molecule has 0 saturated heterocycles. The molecule has 0 amide bonds. The van der Waals surface area contributed by atoms with Crippen LogP contribution in [0, 0.1) is 5.82 Å². The first-order valence-corrected chi connectivity index (χ1v) is 6.36. The summed E-state index contributed by atoms with van der Waals surface area (Å²) in [5, 5.41) is 4.02. The summed E-state index contributed by atoms with van der Waals surface area (Å²) in [6.07, 6.45) is 6.33. The molecule has 22 heavy (non-hydrogen) atoms. The van der Waals surface area contributed by atoms with Crippen LogP contribution in [0.1, 0.15) is 5.56 Å². The van der Waals surface area contributed by atoms with Crippen LogP contribution < -0.4 is 16.2 Å². The molecule has 6 nitrogen and oxygen atoms in total. The van der Waals surface area contributed by atoms with Crippen molar-refractivity contribution in [3.8, 4) is 5.75 Å². The van der Waals surface area contributed by atoms with Gasteiger partial charge in [0.25, 0.3) is 0 Å². The number of hydrogen-bond donors (Lipinski definition) is 2. The largest absolute Gasteiger partial charge is 0.441 e. The summed E-state index contributed by atoms with van der Waals surface area (Å²) in [6.45, 7) is 3.81. The Kier molecular flexibility index (Phi) is 4.57. The Morgan fingerprint density at radius 2 is 2.27 bits per heavy atom. The zero-order valence-electron chi connectivity index (χ0n) is 12.0. The van der Waals surface area contributed by atoms with Gasteiger partial charge in [0.05, 0.1) is 17.6 Å². The molecular weight excluding hydrogens is 285 g/mol. The fourth-order valence-corrected chi connectivity index (χ4v) is 1.59. The third-order valence-electron chi connectivity index (χ3n) is 2.71. The molecule has 0 aliphatic carbocycles. The molecule has 0 atom stereocenters. The Hall–Kier alpha value is -3.09. The number of rotatable bonds is 5. The van der Waals surface area contributed by atoms with Crippen molar-refractivity contribution in [2.24, 2.45) is 17.8 Å². The van der Waals surface area contributed by atoms with Crippen molar-refractivity contribution in [1.29, 1.82) is 0 Å². The van der Waals surface area contributed by atoms with Crippen LogP contribution in [0.15, 0.2) is 54.1 Å². The van der Waals surface area contributed by atoms with E-state index >= 15 is 0 Å². The zero-order chi connectivity index (χ0) is 16.1. The molecule has 0 radical (unpaired) electrons. The average molecular weight is 301 g/mol. The van der Waals surface area contributed by atoms with Gasteiger partial charge in [-0.25, -0.2) is 4.39 Å². The molecule has 0 unspecified atom stereocenters. The standard InChI is InChI=1S/C15H16FN5O/c1-10(11-8-20-21(2)9-11)19-6-5-15(18)22-12-3-4-14(17)13(16)7-12/h3-9H,1,17-18H2,2H3/b15-5+,19-6-. The summed E-state index contributed by atoms with van der Waals surface area (Å²) in [5.41, 5.74) is 12.4. The van der Waals surface area contributed by atoms with E-state index in [2.05, 4.69) is 16.7 Å². The van der Waals surface area contributed by atoms with Crippen LogP contribution in [0.25, 0.3) is 5.70 Å². The molecule has 1 aromatic heterocycles. The van der Waals surface area contributed by atoms with Gasteiger partial charge in [-0.05, 0) is 12.1 Å². The van der Waals surface area contributed by atoms with Crippen LogP contribution >= 0.6 is 0 Å². The van der Waals surface area contributed by atoms with Crippen molar-refractivity contribution >= 4 is 17.6 Å². The van der Waals surface area contributed by atoms with Gasteiger partial charge in [0.2, 0.25) is 0 Å². The third-order valence-corrected chi connectivity index (χ3v) is 2.71. The lowest BCUT2D eigenvalue weighted by Gasteiger charge is -2.05. The minimum absolute atomic E-state index is 0.0456. The second-order valence-electron chi connectivity index (χ2n) is 4.48. The average Bonchev–Trinajstić information content (AvgIpc) is 2.89. The summed E-state index contributed by atoms with van der Waals surface area (Å²) in [6, 6.07) is 4.07. The van der Waals surface area contributed by atoms with E-state index in [1.807, 2.05) is 0 Å². The van der Waals surface area contributed by atoms with Crippen molar-refractivity contribution in [3.63, 3.8) is 0 Å². The number of halogens is 1. The smallest absolute Gasteiger partial charge is 0.192 e. The summed E-state index contributed by atoms with van der Waals surface area (Å²) in [7, 11) is 1.80. The number of hydrogen-bond acceptors (Lipinski definition) is 5. The first kappa shape index (κ1) is 15.3. The Labute approximate surface area is 127 Å². The number of nitrogens with two attached hydrogens (primary N) is 2. The van der Waals surface area contributed by atoms with Crippen LogP contribution in [0.5, 0.6) is 5.75 Å². The highest BCUT2D eigenvalue weighted by molar-refractivity contribution is 5.79. The van der Waals surface area contributed by atoms with Gasteiger partial charge in [-0.3, -0.25) is 9.67 Å². The van der Waals surface area contributed by atoms with Crippen LogP contribution in [0.4, 0.5) is 10.1 Å². The summed E-state index contributed by atoms with van der Waals surface area (Å²) in [5.74, 6) is -0.254. The van der Waals surface area contributed by atoms with Crippen molar-refractivity contribution in [2.45, 2.75) is 0 Å². The molecular formula is C15H16FN5O. The number of aliphatic imine (C=N–C) groups is 1. The van der Waals surface area contributed by atoms with Crippen LogP contribution in [0.3, 0.4) is 0 Å². The van der Waals surface area contributed by atoms with E-state index in [0.717, 1.165) is 11.6 Å². The molecule has 114 valence electrons. The number of aromatic nitrogens is 2. The third kappa shape index (κ3) is 3.95. The van der Waals surface area contributed by atoms with E-state index in [1.165, 1.54) is 24.4 Å². The van der Waals surface area contributed by atoms with Gasteiger partial charge in [-0.15, -0.1) is 0 Å². The number of ether oxygens (including phenoxy) is 1. The Balaban J connectivity index is 1.98. The van der Waals surface area contributed by atoms with Gasteiger partial charge < -0.3 is 16.2 Å². The normalized spacial score (nSPS) is 11.8. The lowest BCUT2D eigenvalue weighted by atomic mass is 10.3. The number of benzene rings is 1. The van der Waals surface area contributed by atoms with Crippen LogP contribution in [-0.2, 0) is 7.05 Å². The second kappa shape index (κ2) is 6.57. The molecule has 2 aromatic rings. The molecule has 0 aliphatic rings. The van der Waals surface area contributed by atoms with Gasteiger partial charge in [0, 0.05) is 37.2 Å². The topological polar surface area (TPSA) is 91.4 Å². The monoisotopic (exact) mass is 301 g/mol. The van der Waals surface area contributed by atoms with Crippen LogP contribution in [0.2, 0.25) is 0 Å². The molecule has 1 heterocycles. The number of anilines is 1. The predicted octanol–water partition coefficient (Wildman–Crippen LogP) is 2.06. The van der Waals surface area contributed by atoms with E-state index < -0.39 is 5.82 Å². The van der Waals surface area contributed by atoms with Crippen molar-refractivity contribution in [2.75, 3.05) is 5.73 Å². The molecule has 2 rings (SSSR count). The highest BCUT2D eigenvalue weighted by atomic mass is 19.1. The van der Waals surface area contributed by atoms with Gasteiger partial charge in [-0.2, -0.15) is 5.10 Å². The number of aryl methyl sites for hydroxylation is 1. The molecule has 4 N–H and O–H groups in total. The highest BCUT2D eigenvalue weighted by Crippen LogP contribution is 2.19. The lowest BCUT2D eigenvalue weighted by molar-refractivity contribution is 0.418. The highest BCUT2D eigenvalue weighted by Gasteiger charge is 2.02. The van der Waals surface area contributed by atoms with E-state index in [9.17, 15) is 4.39 Å². The molecule has 0 spiro atoms. The number of nitrogens with zero attached hydrogens (tertiary/aromatic N) is 3. The summed E-state index contributed by atoms with van der Waals surface area (Å²) < 4.78 is 20.2. The second-order valence-corrected chi connectivity index (χ2v) is 4.48. The van der Waals surface area contributed by atoms with Gasteiger partial charge in [-0.1, -0.05) is 6.58 Å². The lowest BCUT2D eigenvalue weighted by Crippen LogP contribution is -2.06. The summed E-state index contributed by atoms with van der Waals surface area (Å²) >= 11 is 0. The summed E-state index contributed by atoms with van der Waals surface area (Å²) in [4.78, 5) is 4.12. The van der Waals surface area contributed by atoms with Gasteiger partial charge >= 0.3 is 0 Å². The maximum Gasteiger partial charge on any atom is 0.192 e. The van der Waals surface area contributed by atoms with Gasteiger partial charge in [0.15, 0.2) is 5.88 Å². The fourth-order valence-electron chi connectivity index (χ4n) is 1.59.